The second kappa shape index (κ2) is 14.7. The van der Waals surface area contributed by atoms with Gasteiger partial charge in [-0.25, -0.2) is 0 Å². The summed E-state index contributed by atoms with van der Waals surface area (Å²) in [5.74, 6) is -0.556. The summed E-state index contributed by atoms with van der Waals surface area (Å²) in [6, 6.07) is -0.690. The van der Waals surface area contributed by atoms with Crippen molar-refractivity contribution >= 4 is 12.1 Å². The molecule has 0 aliphatic heterocycles. The monoisotopic (exact) mass is 237 g/mol. The smallest absolute Gasteiger partial charge is 0.652 e. The van der Waals surface area contributed by atoms with Crippen molar-refractivity contribution in [1.82, 2.24) is 0 Å². The molecule has 6 nitrogen and oxygen atoms in total. The molecule has 0 radical (unpaired) electrons. The number of rotatable bonds is 3. The molecule has 3 N–H and O–H groups in total. The molecule has 0 aromatic rings. The number of nitrogens with two attached hydrogens (primary N) is 1. The normalized spacial score (nSPS) is 9.87. The number of aliphatic carboxylic acids is 1. The van der Waals surface area contributed by atoms with Gasteiger partial charge >= 0.3 is 65.1 Å². The van der Waals surface area contributed by atoms with E-state index in [-0.39, 0.29) is 59.1 Å². The van der Waals surface area contributed by atoms with Crippen LogP contribution in [0.3, 0.4) is 0 Å². The second-order valence-electron chi connectivity index (χ2n) is 2.82. The van der Waals surface area contributed by atoms with Gasteiger partial charge in [-0.15, -0.1) is 0 Å². The quantitative estimate of drug-likeness (QED) is 0.469. The van der Waals surface area contributed by atoms with Crippen molar-refractivity contribution < 1.29 is 84.0 Å². The first-order valence-electron chi connectivity index (χ1n) is 3.63. The molecule has 8 heteroatoms. The minimum Gasteiger partial charge on any atom is -0.652 e. The van der Waals surface area contributed by atoms with Gasteiger partial charge in [-0.3, -0.25) is 4.79 Å². The molecule has 0 aliphatic carbocycles. The maximum Gasteiger partial charge on any atom is 1.00 e. The Morgan fingerprint density at radius 2 is 1.53 bits per heavy atom. The molecule has 78 valence electrons. The minimum atomic E-state index is -2.33. The molecule has 0 aliphatic rings. The van der Waals surface area contributed by atoms with Crippen LogP contribution in [0.5, 0.6) is 0 Å². The molecular formula is C7H13NNa2O5. The van der Waals surface area contributed by atoms with Crippen LogP contribution in [0.1, 0.15) is 20.3 Å². The molecule has 0 bridgehead atoms. The number of hydrogen-bond donors (Lipinski definition) is 2. The Kier molecular flexibility index (Phi) is 24.3. The van der Waals surface area contributed by atoms with Gasteiger partial charge in [-0.05, 0) is 18.5 Å². The predicted molar refractivity (Wildman–Crippen MR) is 40.5 cm³/mol. The van der Waals surface area contributed by atoms with E-state index in [4.69, 9.17) is 25.8 Å². The molecule has 0 heterocycles. The van der Waals surface area contributed by atoms with E-state index < -0.39 is 18.2 Å². The van der Waals surface area contributed by atoms with Crippen molar-refractivity contribution in [1.29, 1.82) is 0 Å². The topological polar surface area (TPSA) is 127 Å². The third-order valence-corrected chi connectivity index (χ3v) is 1.04. The first-order valence-corrected chi connectivity index (χ1v) is 3.63. The third-order valence-electron chi connectivity index (χ3n) is 1.04. The van der Waals surface area contributed by atoms with Crippen molar-refractivity contribution in [2.24, 2.45) is 11.7 Å². The predicted octanol–water partition coefficient (Wildman–Crippen LogP) is -7.99. The van der Waals surface area contributed by atoms with Crippen LogP contribution in [0, 0.1) is 5.92 Å². The third kappa shape index (κ3) is 31.3. The average molecular weight is 237 g/mol. The zero-order valence-corrected chi connectivity index (χ0v) is 13.5. The standard InChI is InChI=1S/C6H13NO2.CH2O3.2Na/c1-4(2)3-5(7)6(8)9;2-1(3)4;;/h4-5H,3,7H2,1-2H3,(H,8,9);(H2,2,3,4);;/q;;2*+1/p-2. The summed E-state index contributed by atoms with van der Waals surface area (Å²) in [6.45, 7) is 3.89. The van der Waals surface area contributed by atoms with E-state index in [0.29, 0.717) is 12.3 Å². The van der Waals surface area contributed by atoms with Gasteiger partial charge in [0.15, 0.2) is 0 Å². The van der Waals surface area contributed by atoms with E-state index in [1.165, 1.54) is 0 Å². The largest absolute Gasteiger partial charge is 1.00 e. The van der Waals surface area contributed by atoms with Crippen LogP contribution in [0.2, 0.25) is 0 Å². The van der Waals surface area contributed by atoms with E-state index in [1.807, 2.05) is 13.8 Å². The minimum absolute atomic E-state index is 0. The number of carboxylic acids is 1. The van der Waals surface area contributed by atoms with Gasteiger partial charge in [0.2, 0.25) is 0 Å². The number of carbonyl (C=O) groups is 2. The van der Waals surface area contributed by atoms with Crippen molar-refractivity contribution in [3.05, 3.63) is 0 Å². The maximum absolute atomic E-state index is 10.1. The molecule has 0 amide bonds. The van der Waals surface area contributed by atoms with Crippen LogP contribution in [-0.4, -0.2) is 23.3 Å². The summed E-state index contributed by atoms with van der Waals surface area (Å²) in [5.41, 5.74) is 5.22. The van der Waals surface area contributed by atoms with Gasteiger partial charge in [-0.2, -0.15) is 0 Å². The summed E-state index contributed by atoms with van der Waals surface area (Å²) >= 11 is 0. The average Bonchev–Trinajstić information content (AvgIpc) is 1.83. The van der Waals surface area contributed by atoms with E-state index in [0.717, 1.165) is 0 Å². The van der Waals surface area contributed by atoms with Gasteiger partial charge in [0.1, 0.15) is 6.04 Å². The maximum atomic E-state index is 10.1. The molecule has 0 spiro atoms. The summed E-state index contributed by atoms with van der Waals surface area (Å²) < 4.78 is 0. The zero-order chi connectivity index (χ0) is 11.0. The zero-order valence-electron chi connectivity index (χ0n) is 9.52. The molecule has 1 unspecified atom stereocenters. The molecule has 0 saturated heterocycles. The number of carbonyl (C=O) groups excluding carboxylic acids is 1. The molecule has 0 saturated carbocycles. The van der Waals surface area contributed by atoms with E-state index in [1.54, 1.807) is 0 Å². The fraction of sp³-hybridized carbons (Fsp3) is 0.714. The molecule has 0 aromatic heterocycles. The van der Waals surface area contributed by atoms with Crippen molar-refractivity contribution in [2.75, 3.05) is 0 Å². The number of carboxylic acid groups (broad SMARTS) is 3. The fourth-order valence-corrected chi connectivity index (χ4v) is 0.609. The summed E-state index contributed by atoms with van der Waals surface area (Å²) in [7, 11) is 0. The Morgan fingerprint density at radius 3 is 1.60 bits per heavy atom. The SMILES string of the molecule is CC(C)CC(N)C(=O)O.O=C([O-])[O-].[Na+].[Na+]. The summed E-state index contributed by atoms with van der Waals surface area (Å²) in [4.78, 5) is 18.4. The Hall–Kier alpha value is 0.700. The number of hydrogen-bond acceptors (Lipinski definition) is 5. The van der Waals surface area contributed by atoms with Crippen molar-refractivity contribution in [2.45, 2.75) is 26.3 Å². The van der Waals surface area contributed by atoms with Crippen LogP contribution in [-0.2, 0) is 4.79 Å². The second-order valence-corrected chi connectivity index (χ2v) is 2.82. The van der Waals surface area contributed by atoms with Gasteiger partial charge in [0.05, 0.1) is 0 Å². The van der Waals surface area contributed by atoms with Crippen LogP contribution in [0.15, 0.2) is 0 Å². The van der Waals surface area contributed by atoms with E-state index in [2.05, 4.69) is 0 Å². The van der Waals surface area contributed by atoms with Crippen molar-refractivity contribution in [3.63, 3.8) is 0 Å². The Labute approximate surface area is 133 Å². The van der Waals surface area contributed by atoms with Crippen LogP contribution in [0.25, 0.3) is 0 Å². The molecule has 1 atom stereocenters. The van der Waals surface area contributed by atoms with Crippen LogP contribution < -0.4 is 75.1 Å². The molecule has 15 heavy (non-hydrogen) atoms. The van der Waals surface area contributed by atoms with Gasteiger partial charge in [0, 0.05) is 0 Å². The van der Waals surface area contributed by atoms with E-state index in [9.17, 15) is 4.79 Å². The Balaban J connectivity index is -0.0000000883. The molecular weight excluding hydrogens is 224 g/mol. The Bertz CT molecular complexity index is 173. The van der Waals surface area contributed by atoms with Gasteiger partial charge < -0.3 is 25.8 Å². The summed E-state index contributed by atoms with van der Waals surface area (Å²) in [5, 5.41) is 25.0. The molecule has 0 rings (SSSR count). The Morgan fingerprint density at radius 1 is 1.27 bits per heavy atom. The first kappa shape index (κ1) is 24.8. The van der Waals surface area contributed by atoms with Gasteiger partial charge in [-0.1, -0.05) is 13.8 Å². The van der Waals surface area contributed by atoms with Gasteiger partial charge in [0.25, 0.3) is 0 Å². The fourth-order valence-electron chi connectivity index (χ4n) is 0.609. The first-order chi connectivity index (χ1) is 5.77. The van der Waals surface area contributed by atoms with Crippen LogP contribution >= 0.6 is 0 Å². The van der Waals surface area contributed by atoms with Crippen molar-refractivity contribution in [3.8, 4) is 0 Å². The molecule has 0 fully saturated rings. The van der Waals surface area contributed by atoms with E-state index >= 15 is 0 Å². The molecule has 0 aromatic carbocycles. The summed E-state index contributed by atoms with van der Waals surface area (Å²) in [6.07, 6.45) is -1.78. The van der Waals surface area contributed by atoms with Crippen LogP contribution in [0.4, 0.5) is 4.79 Å².